The Kier molecular flexibility index (Phi) is 4.72. The second-order valence-corrected chi connectivity index (χ2v) is 8.22. The van der Waals surface area contributed by atoms with Gasteiger partial charge >= 0.3 is 0 Å². The van der Waals surface area contributed by atoms with Gasteiger partial charge in [0.2, 0.25) is 0 Å². The molecule has 0 spiro atoms. The highest BCUT2D eigenvalue weighted by molar-refractivity contribution is 5.78. The van der Waals surface area contributed by atoms with Crippen LogP contribution in [0, 0.1) is 12.7 Å². The number of benzene rings is 1. The first-order chi connectivity index (χ1) is 14.5. The molecule has 0 radical (unpaired) electrons. The topological polar surface area (TPSA) is 92.4 Å². The summed E-state index contributed by atoms with van der Waals surface area (Å²) in [4.78, 5) is 8.57. The standard InChI is InChI=1S/C22H25FN4O3/c1-11-13-6-8-27(22(13)26-10-25-11)16-9-18(21(29)20(16)28)30-17-4-3-15(23)14-5-7-24-12(2)19(14)17/h3-4,6,8,10,12,16,18,20-21,24,28-29H,5,7,9H2,1-2H3/t12-,16-,18+,20+,21-/m1/s1. The van der Waals surface area contributed by atoms with Crippen molar-refractivity contribution in [2.45, 2.75) is 57.1 Å². The zero-order chi connectivity index (χ0) is 21.0. The SMILES string of the molecule is Cc1ncnc2c1ccn2[C@@H]1C[C@H](Oc2ccc(F)c3c2[C@@H](C)NCC3)[C@@H](O)[C@H]1O. The van der Waals surface area contributed by atoms with Crippen molar-refractivity contribution in [3.63, 3.8) is 0 Å². The molecule has 1 fully saturated rings. The van der Waals surface area contributed by atoms with Gasteiger partial charge in [-0.05, 0) is 50.6 Å². The van der Waals surface area contributed by atoms with Crippen LogP contribution in [0.15, 0.2) is 30.7 Å². The second-order valence-electron chi connectivity index (χ2n) is 8.22. The van der Waals surface area contributed by atoms with Crippen LogP contribution in [-0.4, -0.2) is 49.6 Å². The van der Waals surface area contributed by atoms with E-state index in [-0.39, 0.29) is 17.9 Å². The van der Waals surface area contributed by atoms with E-state index in [9.17, 15) is 14.6 Å². The van der Waals surface area contributed by atoms with Crippen molar-refractivity contribution in [1.82, 2.24) is 19.9 Å². The number of aromatic nitrogens is 3. The maximum atomic E-state index is 14.3. The van der Waals surface area contributed by atoms with E-state index in [0.717, 1.165) is 22.3 Å². The Hall–Kier alpha value is -2.55. The van der Waals surface area contributed by atoms with Gasteiger partial charge in [-0.1, -0.05) is 0 Å². The quantitative estimate of drug-likeness (QED) is 0.611. The van der Waals surface area contributed by atoms with E-state index in [2.05, 4.69) is 15.3 Å². The minimum absolute atomic E-state index is 0.0493. The number of hydrogen-bond acceptors (Lipinski definition) is 6. The Balaban J connectivity index is 1.46. The minimum atomic E-state index is -1.07. The number of ether oxygens (including phenoxy) is 1. The van der Waals surface area contributed by atoms with Gasteiger partial charge in [0.15, 0.2) is 0 Å². The number of rotatable bonds is 3. The van der Waals surface area contributed by atoms with Crippen molar-refractivity contribution in [2.75, 3.05) is 6.54 Å². The van der Waals surface area contributed by atoms with Gasteiger partial charge in [-0.3, -0.25) is 0 Å². The number of aryl methyl sites for hydroxylation is 1. The number of hydrogen-bond donors (Lipinski definition) is 3. The Morgan fingerprint density at radius 2 is 2.03 bits per heavy atom. The molecular formula is C22H25FN4O3. The predicted molar refractivity (Wildman–Crippen MR) is 109 cm³/mol. The van der Waals surface area contributed by atoms with Gasteiger partial charge in [-0.15, -0.1) is 0 Å². The molecule has 7 nitrogen and oxygen atoms in total. The molecule has 2 aromatic heterocycles. The number of aliphatic hydroxyl groups excluding tert-OH is 2. The van der Waals surface area contributed by atoms with Crippen LogP contribution in [0.25, 0.3) is 11.0 Å². The lowest BCUT2D eigenvalue weighted by Gasteiger charge is -2.28. The fourth-order valence-electron chi connectivity index (χ4n) is 4.85. The van der Waals surface area contributed by atoms with E-state index in [1.54, 1.807) is 6.07 Å². The highest BCUT2D eigenvalue weighted by Gasteiger charge is 2.45. The fraction of sp³-hybridized carbons (Fsp3) is 0.455. The van der Waals surface area contributed by atoms with E-state index in [1.165, 1.54) is 12.4 Å². The first kappa shape index (κ1) is 19.4. The lowest BCUT2D eigenvalue weighted by Crippen LogP contribution is -2.35. The van der Waals surface area contributed by atoms with Gasteiger partial charge in [-0.2, -0.15) is 0 Å². The molecule has 1 saturated carbocycles. The van der Waals surface area contributed by atoms with Crippen LogP contribution >= 0.6 is 0 Å². The normalized spacial score (nSPS) is 28.6. The second kappa shape index (κ2) is 7.30. The van der Waals surface area contributed by atoms with Crippen LogP contribution in [0.1, 0.15) is 42.2 Å². The maximum Gasteiger partial charge on any atom is 0.143 e. The summed E-state index contributed by atoms with van der Waals surface area (Å²) in [7, 11) is 0. The van der Waals surface area contributed by atoms with Crippen LogP contribution in [0.3, 0.4) is 0 Å². The molecule has 1 aliphatic carbocycles. The average Bonchev–Trinajstić information content (AvgIpc) is 3.28. The third-order valence-electron chi connectivity index (χ3n) is 6.46. The minimum Gasteiger partial charge on any atom is -0.487 e. The van der Waals surface area contributed by atoms with E-state index < -0.39 is 18.3 Å². The summed E-state index contributed by atoms with van der Waals surface area (Å²) in [5, 5.41) is 25.7. The van der Waals surface area contributed by atoms with Crippen molar-refractivity contribution in [3.05, 3.63) is 53.4 Å². The zero-order valence-corrected chi connectivity index (χ0v) is 16.9. The Morgan fingerprint density at radius 3 is 2.87 bits per heavy atom. The molecule has 30 heavy (non-hydrogen) atoms. The van der Waals surface area contributed by atoms with Gasteiger partial charge in [-0.25, -0.2) is 14.4 Å². The third-order valence-corrected chi connectivity index (χ3v) is 6.46. The van der Waals surface area contributed by atoms with E-state index in [1.807, 2.05) is 30.7 Å². The van der Waals surface area contributed by atoms with Gasteiger partial charge in [0.25, 0.3) is 0 Å². The summed E-state index contributed by atoms with van der Waals surface area (Å²) in [6.45, 7) is 4.59. The molecule has 1 aliphatic heterocycles. The molecule has 3 heterocycles. The molecule has 5 rings (SSSR count). The third kappa shape index (κ3) is 2.98. The molecule has 0 unspecified atom stereocenters. The van der Waals surface area contributed by atoms with Crippen molar-refractivity contribution in [1.29, 1.82) is 0 Å². The highest BCUT2D eigenvalue weighted by atomic mass is 19.1. The van der Waals surface area contributed by atoms with Crippen LogP contribution in [0.4, 0.5) is 4.39 Å². The number of nitrogens with one attached hydrogen (secondary N) is 1. The summed E-state index contributed by atoms with van der Waals surface area (Å²) in [6.07, 6.45) is 1.67. The van der Waals surface area contributed by atoms with Gasteiger partial charge in [0, 0.05) is 29.6 Å². The molecule has 158 valence electrons. The Morgan fingerprint density at radius 1 is 1.20 bits per heavy atom. The van der Waals surface area contributed by atoms with Gasteiger partial charge in [0.05, 0.1) is 11.7 Å². The number of fused-ring (bicyclic) bond motifs is 2. The molecule has 3 aromatic rings. The summed E-state index contributed by atoms with van der Waals surface area (Å²) in [6, 6.07) is 4.52. The van der Waals surface area contributed by atoms with Gasteiger partial charge < -0.3 is 24.8 Å². The molecule has 0 saturated heterocycles. The van der Waals surface area contributed by atoms with E-state index in [4.69, 9.17) is 4.74 Å². The molecular weight excluding hydrogens is 387 g/mol. The number of nitrogens with zero attached hydrogens (tertiary/aromatic N) is 3. The van der Waals surface area contributed by atoms with Crippen LogP contribution < -0.4 is 10.1 Å². The molecule has 3 N–H and O–H groups in total. The largest absolute Gasteiger partial charge is 0.487 e. The van der Waals surface area contributed by atoms with Crippen molar-refractivity contribution in [3.8, 4) is 5.75 Å². The first-order valence-corrected chi connectivity index (χ1v) is 10.3. The molecule has 5 atom stereocenters. The Bertz CT molecular complexity index is 1100. The van der Waals surface area contributed by atoms with Crippen LogP contribution in [0.2, 0.25) is 0 Å². The van der Waals surface area contributed by atoms with E-state index in [0.29, 0.717) is 30.7 Å². The number of aliphatic hydroxyl groups is 2. The fourth-order valence-corrected chi connectivity index (χ4v) is 4.85. The van der Waals surface area contributed by atoms with Crippen molar-refractivity contribution < 1.29 is 19.3 Å². The lowest BCUT2D eigenvalue weighted by atomic mass is 9.93. The number of halogens is 1. The summed E-state index contributed by atoms with van der Waals surface area (Å²) < 4.78 is 22.4. The van der Waals surface area contributed by atoms with Crippen LogP contribution in [0.5, 0.6) is 5.75 Å². The molecule has 0 bridgehead atoms. The summed E-state index contributed by atoms with van der Waals surface area (Å²) in [5.41, 5.74) is 3.03. The molecule has 8 heteroatoms. The molecule has 0 amide bonds. The summed E-state index contributed by atoms with van der Waals surface area (Å²) in [5.74, 6) is 0.322. The molecule has 2 aliphatic rings. The predicted octanol–water partition coefficient (Wildman–Crippen LogP) is 2.20. The lowest BCUT2D eigenvalue weighted by molar-refractivity contribution is -0.0167. The first-order valence-electron chi connectivity index (χ1n) is 10.3. The van der Waals surface area contributed by atoms with E-state index >= 15 is 0 Å². The van der Waals surface area contributed by atoms with Crippen molar-refractivity contribution in [2.24, 2.45) is 0 Å². The molecule has 1 aromatic carbocycles. The van der Waals surface area contributed by atoms with Crippen molar-refractivity contribution >= 4 is 11.0 Å². The Labute approximate surface area is 173 Å². The summed E-state index contributed by atoms with van der Waals surface area (Å²) >= 11 is 0. The smallest absolute Gasteiger partial charge is 0.143 e. The zero-order valence-electron chi connectivity index (χ0n) is 16.9. The van der Waals surface area contributed by atoms with Gasteiger partial charge in [0.1, 0.15) is 41.9 Å². The maximum absolute atomic E-state index is 14.3. The monoisotopic (exact) mass is 412 g/mol. The average molecular weight is 412 g/mol. The van der Waals surface area contributed by atoms with Crippen LogP contribution in [-0.2, 0) is 6.42 Å². The highest BCUT2D eigenvalue weighted by Crippen LogP contribution is 2.39.